The molecule has 1 heterocycles. The van der Waals surface area contributed by atoms with Gasteiger partial charge >= 0.3 is 5.97 Å². The van der Waals surface area contributed by atoms with E-state index in [2.05, 4.69) is 31.1 Å². The van der Waals surface area contributed by atoms with Crippen molar-refractivity contribution in [2.75, 3.05) is 26.7 Å². The standard InChI is InChI=1S/C30H52N2O5/c1-28(2,3)37-18-23(27(35)36)31-25(34)9-7-8-19-10-11-21-26-22(12-13-29(19,21)4)30(5)14-15-32(6)17-20(30)16-24(26)33/h19-24,26,33H,7-18H2,1-6H3,(H,31,34)(H,35,36)/t19-,20?,21?,22?,23?,24-,26?,29?,30?/m0/s1. The molecule has 9 atom stereocenters. The summed E-state index contributed by atoms with van der Waals surface area (Å²) in [6.07, 6.45) is 8.94. The minimum atomic E-state index is -1.06. The number of nitrogens with zero attached hydrogens (tertiary/aromatic N) is 1. The van der Waals surface area contributed by atoms with Gasteiger partial charge in [-0.3, -0.25) is 4.79 Å². The molecule has 4 rings (SSSR count). The van der Waals surface area contributed by atoms with Crippen molar-refractivity contribution in [2.24, 2.45) is 40.4 Å². The minimum Gasteiger partial charge on any atom is -0.480 e. The molecule has 7 unspecified atom stereocenters. The highest BCUT2D eigenvalue weighted by atomic mass is 16.5. The molecule has 3 saturated carbocycles. The molecule has 3 aliphatic carbocycles. The maximum absolute atomic E-state index is 12.6. The molecule has 3 N–H and O–H groups in total. The number of likely N-dealkylation sites (tertiary alicyclic amines) is 1. The molecule has 37 heavy (non-hydrogen) atoms. The SMILES string of the molecule is CN1CCC2(C)C(C[C@H](O)C3C2CCC2(C)C3CC[C@@H]2CCCC(=O)NC(COC(C)(C)C)C(=O)O)C1. The molecule has 0 bridgehead atoms. The summed E-state index contributed by atoms with van der Waals surface area (Å²) in [4.78, 5) is 26.6. The van der Waals surface area contributed by atoms with Crippen LogP contribution >= 0.6 is 0 Å². The predicted octanol–water partition coefficient (Wildman–Crippen LogP) is 4.32. The van der Waals surface area contributed by atoms with Crippen LogP contribution in [0.25, 0.3) is 0 Å². The van der Waals surface area contributed by atoms with Crippen LogP contribution in [0.5, 0.6) is 0 Å². The zero-order chi connectivity index (χ0) is 27.2. The first kappa shape index (κ1) is 28.8. The van der Waals surface area contributed by atoms with E-state index in [4.69, 9.17) is 4.74 Å². The maximum atomic E-state index is 12.6. The molecular weight excluding hydrogens is 468 g/mol. The number of carbonyl (C=O) groups excluding carboxylic acids is 1. The number of carbonyl (C=O) groups is 2. The van der Waals surface area contributed by atoms with Crippen LogP contribution in [0, 0.1) is 40.4 Å². The lowest BCUT2D eigenvalue weighted by Crippen LogP contribution is -2.60. The van der Waals surface area contributed by atoms with Crippen molar-refractivity contribution in [2.45, 2.75) is 110 Å². The average molecular weight is 521 g/mol. The Morgan fingerprint density at radius 2 is 1.81 bits per heavy atom. The van der Waals surface area contributed by atoms with Gasteiger partial charge in [0, 0.05) is 13.0 Å². The van der Waals surface area contributed by atoms with Crippen molar-refractivity contribution in [1.29, 1.82) is 0 Å². The molecule has 0 aromatic carbocycles. The molecule has 4 fully saturated rings. The Hall–Kier alpha value is -1.18. The van der Waals surface area contributed by atoms with Gasteiger partial charge in [0.05, 0.1) is 18.3 Å². The number of fused-ring (bicyclic) bond motifs is 5. The first-order valence-corrected chi connectivity index (χ1v) is 14.8. The Balaban J connectivity index is 1.32. The number of hydrogen-bond donors (Lipinski definition) is 3. The number of nitrogens with one attached hydrogen (secondary N) is 1. The van der Waals surface area contributed by atoms with Crippen LogP contribution in [0.3, 0.4) is 0 Å². The van der Waals surface area contributed by atoms with Crippen molar-refractivity contribution in [3.63, 3.8) is 0 Å². The summed E-state index contributed by atoms with van der Waals surface area (Å²) in [6.45, 7) is 12.9. The number of piperidine rings is 1. The first-order chi connectivity index (χ1) is 17.2. The zero-order valence-corrected chi connectivity index (χ0v) is 24.1. The van der Waals surface area contributed by atoms with Crippen molar-refractivity contribution in [3.05, 3.63) is 0 Å². The monoisotopic (exact) mass is 520 g/mol. The second-order valence-electron chi connectivity index (χ2n) is 14.4. The lowest BCUT2D eigenvalue weighted by molar-refractivity contribution is -0.168. The van der Waals surface area contributed by atoms with E-state index >= 15 is 0 Å². The van der Waals surface area contributed by atoms with Gasteiger partial charge in [-0.15, -0.1) is 0 Å². The van der Waals surface area contributed by atoms with E-state index in [9.17, 15) is 19.8 Å². The Kier molecular flexibility index (Phi) is 8.39. The number of aliphatic hydroxyl groups excluding tert-OH is 1. The molecule has 0 radical (unpaired) electrons. The second-order valence-corrected chi connectivity index (χ2v) is 14.4. The van der Waals surface area contributed by atoms with Crippen LogP contribution in [0.1, 0.15) is 92.4 Å². The summed E-state index contributed by atoms with van der Waals surface area (Å²) in [5, 5.41) is 23.6. The molecule has 7 nitrogen and oxygen atoms in total. The molecular formula is C30H52N2O5. The molecule has 1 amide bonds. The van der Waals surface area contributed by atoms with E-state index in [1.807, 2.05) is 20.8 Å². The first-order valence-electron chi connectivity index (χ1n) is 14.8. The van der Waals surface area contributed by atoms with Gasteiger partial charge in [-0.05, 0) is 126 Å². The maximum Gasteiger partial charge on any atom is 0.328 e. The summed E-state index contributed by atoms with van der Waals surface area (Å²) in [7, 11) is 2.22. The molecule has 0 aromatic heterocycles. The third-order valence-electron chi connectivity index (χ3n) is 11.1. The predicted molar refractivity (Wildman–Crippen MR) is 144 cm³/mol. The number of aliphatic hydroxyl groups is 1. The molecule has 0 spiro atoms. The highest BCUT2D eigenvalue weighted by Gasteiger charge is 2.62. The Labute approximate surface area is 224 Å². The zero-order valence-electron chi connectivity index (χ0n) is 24.1. The van der Waals surface area contributed by atoms with Crippen LogP contribution in [0.15, 0.2) is 0 Å². The van der Waals surface area contributed by atoms with Crippen molar-refractivity contribution < 1.29 is 24.5 Å². The number of rotatable bonds is 8. The van der Waals surface area contributed by atoms with Crippen LogP contribution < -0.4 is 5.32 Å². The van der Waals surface area contributed by atoms with E-state index in [0.29, 0.717) is 41.4 Å². The summed E-state index contributed by atoms with van der Waals surface area (Å²) >= 11 is 0. The summed E-state index contributed by atoms with van der Waals surface area (Å²) in [6, 6.07) is -1.02. The van der Waals surface area contributed by atoms with Gasteiger partial charge in [-0.1, -0.05) is 13.8 Å². The number of carboxylic acids is 1. The highest BCUT2D eigenvalue weighted by molar-refractivity contribution is 5.83. The van der Waals surface area contributed by atoms with Gasteiger partial charge in [0.2, 0.25) is 5.91 Å². The smallest absolute Gasteiger partial charge is 0.328 e. The van der Waals surface area contributed by atoms with Gasteiger partial charge in [0.1, 0.15) is 0 Å². The van der Waals surface area contributed by atoms with Crippen LogP contribution in [-0.2, 0) is 14.3 Å². The second kappa shape index (κ2) is 10.8. The van der Waals surface area contributed by atoms with E-state index in [1.165, 1.54) is 38.6 Å². The number of hydrogen-bond acceptors (Lipinski definition) is 5. The largest absolute Gasteiger partial charge is 0.480 e. The van der Waals surface area contributed by atoms with E-state index < -0.39 is 17.6 Å². The summed E-state index contributed by atoms with van der Waals surface area (Å²) < 4.78 is 5.59. The van der Waals surface area contributed by atoms with Crippen LogP contribution in [0.4, 0.5) is 0 Å². The van der Waals surface area contributed by atoms with Gasteiger partial charge in [0.25, 0.3) is 0 Å². The van der Waals surface area contributed by atoms with Gasteiger partial charge < -0.3 is 25.2 Å². The van der Waals surface area contributed by atoms with Crippen LogP contribution in [-0.4, -0.2) is 71.5 Å². The molecule has 1 saturated heterocycles. The number of ether oxygens (including phenoxy) is 1. The number of carboxylic acid groups (broad SMARTS) is 1. The molecule has 7 heteroatoms. The highest BCUT2D eigenvalue weighted by Crippen LogP contribution is 2.67. The van der Waals surface area contributed by atoms with Gasteiger partial charge in [0.15, 0.2) is 6.04 Å². The third-order valence-corrected chi connectivity index (χ3v) is 11.1. The average Bonchev–Trinajstić information content (AvgIpc) is 3.13. The summed E-state index contributed by atoms with van der Waals surface area (Å²) in [5.41, 5.74) is 0.131. The Bertz CT molecular complexity index is 842. The molecule has 1 aliphatic heterocycles. The fraction of sp³-hybridized carbons (Fsp3) is 0.933. The van der Waals surface area contributed by atoms with Crippen molar-refractivity contribution in [3.8, 4) is 0 Å². The number of amides is 1. The quantitative estimate of drug-likeness (QED) is 0.441. The topological polar surface area (TPSA) is 99.1 Å². The van der Waals surface area contributed by atoms with Crippen LogP contribution in [0.2, 0.25) is 0 Å². The molecule has 212 valence electrons. The molecule has 0 aromatic rings. The lowest BCUT2D eigenvalue weighted by Gasteiger charge is -2.62. The fourth-order valence-corrected chi connectivity index (χ4v) is 8.96. The van der Waals surface area contributed by atoms with E-state index in [-0.39, 0.29) is 24.0 Å². The van der Waals surface area contributed by atoms with Crippen molar-refractivity contribution >= 4 is 11.9 Å². The Morgan fingerprint density at radius 3 is 2.49 bits per heavy atom. The Morgan fingerprint density at radius 1 is 1.11 bits per heavy atom. The summed E-state index contributed by atoms with van der Waals surface area (Å²) in [5.74, 6) is 1.51. The van der Waals surface area contributed by atoms with Gasteiger partial charge in [-0.25, -0.2) is 4.79 Å². The van der Waals surface area contributed by atoms with E-state index in [0.717, 1.165) is 25.8 Å². The van der Waals surface area contributed by atoms with E-state index in [1.54, 1.807) is 0 Å². The lowest BCUT2D eigenvalue weighted by atomic mass is 9.45. The van der Waals surface area contributed by atoms with Gasteiger partial charge in [-0.2, -0.15) is 0 Å². The van der Waals surface area contributed by atoms with Crippen molar-refractivity contribution in [1.82, 2.24) is 10.2 Å². The minimum absolute atomic E-state index is 0.0338. The number of aliphatic carboxylic acids is 1. The third kappa shape index (κ3) is 5.89. The normalized spacial score (nSPS) is 40.8. The fourth-order valence-electron chi connectivity index (χ4n) is 8.96. The molecule has 4 aliphatic rings.